The molecule has 1 rings (SSSR count). The number of carbonyl (C=O) groups is 1. The van der Waals surface area contributed by atoms with Crippen LogP contribution in [-0.4, -0.2) is 23.8 Å². The largest absolute Gasteiger partial charge is 0.460 e. The zero-order chi connectivity index (χ0) is 12.8. The van der Waals surface area contributed by atoms with Gasteiger partial charge in [-0.3, -0.25) is 0 Å². The zero-order valence-electron chi connectivity index (χ0n) is 9.43. The average Bonchev–Trinajstić information content (AvgIpc) is 2.30. The molecule has 1 aromatic rings. The summed E-state index contributed by atoms with van der Waals surface area (Å²) < 4.78 is 4.72. The molecule has 1 aromatic carbocycles. The first-order valence-corrected chi connectivity index (χ1v) is 5.14. The van der Waals surface area contributed by atoms with E-state index in [2.05, 4.69) is 6.58 Å². The van der Waals surface area contributed by atoms with Gasteiger partial charge in [0.2, 0.25) is 0 Å². The van der Waals surface area contributed by atoms with Crippen molar-refractivity contribution < 1.29 is 14.6 Å². The lowest BCUT2D eigenvalue weighted by molar-refractivity contribution is -0.140. The number of esters is 1. The van der Waals surface area contributed by atoms with Gasteiger partial charge in [0.25, 0.3) is 0 Å². The predicted octanol–water partition coefficient (Wildman–Crippen LogP) is 0.484. The van der Waals surface area contributed by atoms with E-state index in [0.717, 1.165) is 11.6 Å². The maximum Gasteiger partial charge on any atom is 0.330 e. The summed E-state index contributed by atoms with van der Waals surface area (Å²) in [6.45, 7) is 3.16. The third-order valence-corrected chi connectivity index (χ3v) is 2.21. The van der Waals surface area contributed by atoms with Crippen LogP contribution >= 0.6 is 0 Å². The summed E-state index contributed by atoms with van der Waals surface area (Å²) in [5.41, 5.74) is 13.2. The number of aliphatic hydroxyl groups is 1. The summed E-state index contributed by atoms with van der Waals surface area (Å²) in [6, 6.07) is 5.05. The topological polar surface area (TPSA) is 98.6 Å². The summed E-state index contributed by atoms with van der Waals surface area (Å²) in [5.74, 6) is -0.565. The average molecular weight is 236 g/mol. The minimum atomic E-state index is -0.817. The van der Waals surface area contributed by atoms with Crippen molar-refractivity contribution in [1.29, 1.82) is 0 Å². The van der Waals surface area contributed by atoms with E-state index in [0.29, 0.717) is 11.4 Å². The monoisotopic (exact) mass is 236 g/mol. The molecule has 0 heterocycles. The fourth-order valence-electron chi connectivity index (χ4n) is 1.35. The first-order chi connectivity index (χ1) is 8.02. The minimum Gasteiger partial charge on any atom is -0.460 e. The number of rotatable bonds is 5. The van der Waals surface area contributed by atoms with Gasteiger partial charge >= 0.3 is 5.97 Å². The second-order valence-electron chi connectivity index (χ2n) is 3.65. The second kappa shape index (κ2) is 5.91. The van der Waals surface area contributed by atoms with Gasteiger partial charge in [0.05, 0.1) is 6.10 Å². The zero-order valence-corrected chi connectivity index (χ0v) is 9.43. The van der Waals surface area contributed by atoms with Crippen LogP contribution < -0.4 is 11.5 Å². The molecule has 0 aromatic heterocycles. The smallest absolute Gasteiger partial charge is 0.330 e. The van der Waals surface area contributed by atoms with Crippen molar-refractivity contribution in [3.05, 3.63) is 36.4 Å². The highest BCUT2D eigenvalue weighted by Crippen LogP contribution is 2.17. The maximum atomic E-state index is 10.8. The summed E-state index contributed by atoms with van der Waals surface area (Å²) >= 11 is 0. The van der Waals surface area contributed by atoms with Crippen molar-refractivity contribution in [3.8, 4) is 0 Å². The highest BCUT2D eigenvalue weighted by Gasteiger charge is 2.10. The second-order valence-corrected chi connectivity index (χ2v) is 3.65. The van der Waals surface area contributed by atoms with Crippen LogP contribution in [0.4, 0.5) is 11.4 Å². The fourth-order valence-corrected chi connectivity index (χ4v) is 1.35. The van der Waals surface area contributed by atoms with Crippen molar-refractivity contribution in [2.75, 3.05) is 18.1 Å². The van der Waals surface area contributed by atoms with Crippen molar-refractivity contribution >= 4 is 17.3 Å². The highest BCUT2D eigenvalue weighted by atomic mass is 16.5. The lowest BCUT2D eigenvalue weighted by atomic mass is 10.1. The molecule has 0 fully saturated rings. The minimum absolute atomic E-state index is 0.0981. The van der Waals surface area contributed by atoms with E-state index in [9.17, 15) is 9.90 Å². The molecule has 5 nitrogen and oxygen atoms in total. The van der Waals surface area contributed by atoms with Crippen LogP contribution in [0.3, 0.4) is 0 Å². The summed E-state index contributed by atoms with van der Waals surface area (Å²) in [5, 5.41) is 9.65. The summed E-state index contributed by atoms with van der Waals surface area (Å²) in [4.78, 5) is 10.8. The number of hydrogen-bond acceptors (Lipinski definition) is 5. The van der Waals surface area contributed by atoms with Gasteiger partial charge in [-0.1, -0.05) is 6.58 Å². The molecule has 0 spiro atoms. The Balaban J connectivity index is 2.55. The Labute approximate surface area is 99.7 Å². The van der Waals surface area contributed by atoms with Crippen LogP contribution in [0, 0.1) is 0 Å². The SMILES string of the molecule is C=CC(=O)OCC(O)Cc1cc(N)ccc1N. The number of anilines is 2. The molecular formula is C12H16N2O3. The van der Waals surface area contributed by atoms with E-state index in [1.54, 1.807) is 18.2 Å². The van der Waals surface area contributed by atoms with Crippen molar-refractivity contribution in [3.63, 3.8) is 0 Å². The number of benzene rings is 1. The van der Waals surface area contributed by atoms with Crippen LogP contribution in [0.5, 0.6) is 0 Å². The molecule has 0 aliphatic heterocycles. The normalized spacial score (nSPS) is 11.8. The molecule has 92 valence electrons. The molecule has 0 radical (unpaired) electrons. The van der Waals surface area contributed by atoms with Crippen LogP contribution in [0.2, 0.25) is 0 Å². The van der Waals surface area contributed by atoms with Gasteiger partial charge in [-0.2, -0.15) is 0 Å². The first-order valence-electron chi connectivity index (χ1n) is 5.14. The molecule has 0 saturated carbocycles. The third kappa shape index (κ3) is 4.16. The Morgan fingerprint density at radius 2 is 2.24 bits per heavy atom. The van der Waals surface area contributed by atoms with Gasteiger partial charge in [0, 0.05) is 23.9 Å². The molecular weight excluding hydrogens is 220 g/mol. The van der Waals surface area contributed by atoms with Crippen LogP contribution in [0.25, 0.3) is 0 Å². The van der Waals surface area contributed by atoms with E-state index in [1.165, 1.54) is 0 Å². The lowest BCUT2D eigenvalue weighted by Crippen LogP contribution is -2.20. The lowest BCUT2D eigenvalue weighted by Gasteiger charge is -2.12. The fraction of sp³-hybridized carbons (Fsp3) is 0.250. The van der Waals surface area contributed by atoms with Gasteiger partial charge in [0.15, 0.2) is 0 Å². The number of ether oxygens (including phenoxy) is 1. The first kappa shape index (κ1) is 13.1. The van der Waals surface area contributed by atoms with Gasteiger partial charge in [-0.15, -0.1) is 0 Å². The maximum absolute atomic E-state index is 10.8. The molecule has 0 bridgehead atoms. The van der Waals surface area contributed by atoms with Crippen LogP contribution in [0.1, 0.15) is 5.56 Å². The molecule has 5 heteroatoms. The van der Waals surface area contributed by atoms with Crippen molar-refractivity contribution in [1.82, 2.24) is 0 Å². The van der Waals surface area contributed by atoms with E-state index in [-0.39, 0.29) is 13.0 Å². The molecule has 0 saturated heterocycles. The van der Waals surface area contributed by atoms with Gasteiger partial charge in [-0.05, 0) is 23.8 Å². The summed E-state index contributed by atoms with van der Waals surface area (Å²) in [7, 11) is 0. The van der Waals surface area contributed by atoms with E-state index >= 15 is 0 Å². The Kier molecular flexibility index (Phi) is 4.54. The molecule has 17 heavy (non-hydrogen) atoms. The third-order valence-electron chi connectivity index (χ3n) is 2.21. The Bertz CT molecular complexity index is 418. The van der Waals surface area contributed by atoms with E-state index in [4.69, 9.17) is 16.2 Å². The van der Waals surface area contributed by atoms with Crippen LogP contribution in [0.15, 0.2) is 30.9 Å². The summed E-state index contributed by atoms with van der Waals surface area (Å²) in [6.07, 6.45) is 0.506. The number of hydrogen-bond donors (Lipinski definition) is 3. The molecule has 1 atom stereocenters. The molecule has 1 unspecified atom stereocenters. The standard InChI is InChI=1S/C12H16N2O3/c1-2-12(16)17-7-10(15)6-8-5-9(13)3-4-11(8)14/h2-5,10,15H,1,6-7,13-14H2. The predicted molar refractivity (Wildman–Crippen MR) is 66.1 cm³/mol. The van der Waals surface area contributed by atoms with Crippen LogP contribution in [-0.2, 0) is 16.0 Å². The number of nitrogens with two attached hydrogens (primary N) is 2. The molecule has 0 aliphatic rings. The highest BCUT2D eigenvalue weighted by molar-refractivity contribution is 5.81. The van der Waals surface area contributed by atoms with Crippen molar-refractivity contribution in [2.45, 2.75) is 12.5 Å². The van der Waals surface area contributed by atoms with Gasteiger partial charge in [0.1, 0.15) is 6.61 Å². The van der Waals surface area contributed by atoms with Gasteiger partial charge in [-0.25, -0.2) is 4.79 Å². The Morgan fingerprint density at radius 1 is 1.53 bits per heavy atom. The molecule has 5 N–H and O–H groups in total. The van der Waals surface area contributed by atoms with E-state index in [1.807, 2.05) is 0 Å². The quantitative estimate of drug-likeness (QED) is 0.392. The number of aliphatic hydroxyl groups excluding tert-OH is 1. The van der Waals surface area contributed by atoms with Gasteiger partial charge < -0.3 is 21.3 Å². The van der Waals surface area contributed by atoms with Crippen molar-refractivity contribution in [2.24, 2.45) is 0 Å². The Morgan fingerprint density at radius 3 is 2.88 bits per heavy atom. The van der Waals surface area contributed by atoms with E-state index < -0.39 is 12.1 Å². The number of carbonyl (C=O) groups excluding carboxylic acids is 1. The number of nitrogen functional groups attached to an aromatic ring is 2. The molecule has 0 aliphatic carbocycles. The Hall–Kier alpha value is -2.01. The molecule has 0 amide bonds.